The van der Waals surface area contributed by atoms with Gasteiger partial charge in [0.2, 0.25) is 0 Å². The fourth-order valence-corrected chi connectivity index (χ4v) is 3.13. The molecule has 0 radical (unpaired) electrons. The van der Waals surface area contributed by atoms with Gasteiger partial charge in [-0.15, -0.1) is 0 Å². The Labute approximate surface area is 123 Å². The number of piperazine rings is 1. The Morgan fingerprint density at radius 2 is 2.20 bits per heavy atom. The third-order valence-corrected chi connectivity index (χ3v) is 4.40. The summed E-state index contributed by atoms with van der Waals surface area (Å²) in [7, 11) is 0. The molecular formula is C16H30N4. The van der Waals surface area contributed by atoms with Crippen molar-refractivity contribution in [1.82, 2.24) is 19.8 Å². The van der Waals surface area contributed by atoms with Gasteiger partial charge in [0.25, 0.3) is 0 Å². The third kappa shape index (κ3) is 4.06. The number of aryl methyl sites for hydroxylation is 1. The summed E-state index contributed by atoms with van der Waals surface area (Å²) < 4.78 is 2.26. The molecule has 1 N–H and O–H groups in total. The van der Waals surface area contributed by atoms with E-state index in [1.807, 2.05) is 6.20 Å². The molecule has 0 amide bonds. The Kier molecular flexibility index (Phi) is 5.61. The molecule has 20 heavy (non-hydrogen) atoms. The van der Waals surface area contributed by atoms with Crippen molar-refractivity contribution >= 4 is 0 Å². The molecule has 0 bridgehead atoms. The molecule has 1 fully saturated rings. The first-order valence-electron chi connectivity index (χ1n) is 8.05. The highest BCUT2D eigenvalue weighted by molar-refractivity contribution is 4.90. The number of nitrogens with one attached hydrogen (secondary N) is 1. The lowest BCUT2D eigenvalue weighted by atomic mass is 9.98. The van der Waals surface area contributed by atoms with Crippen LogP contribution in [0.5, 0.6) is 0 Å². The molecule has 1 saturated heterocycles. The lowest BCUT2D eigenvalue weighted by molar-refractivity contribution is 0.108. The number of aromatic nitrogens is 2. The van der Waals surface area contributed by atoms with Crippen LogP contribution in [0.1, 0.15) is 39.4 Å². The van der Waals surface area contributed by atoms with Gasteiger partial charge in [0.15, 0.2) is 0 Å². The molecule has 2 heterocycles. The van der Waals surface area contributed by atoms with Crippen LogP contribution in [-0.4, -0.2) is 46.2 Å². The molecule has 1 aromatic heterocycles. The molecule has 1 aliphatic heterocycles. The molecule has 4 nitrogen and oxygen atoms in total. The highest BCUT2D eigenvalue weighted by Crippen LogP contribution is 2.16. The number of hydrogen-bond donors (Lipinski definition) is 1. The fraction of sp³-hybridized carbons (Fsp3) is 0.812. The molecule has 1 aliphatic rings. The van der Waals surface area contributed by atoms with Crippen molar-refractivity contribution in [3.05, 3.63) is 18.2 Å². The minimum Gasteiger partial charge on any atom is -0.334 e. The summed E-state index contributed by atoms with van der Waals surface area (Å²) in [6, 6.07) is 1.34. The zero-order valence-corrected chi connectivity index (χ0v) is 13.5. The van der Waals surface area contributed by atoms with Crippen molar-refractivity contribution in [2.45, 2.75) is 59.2 Å². The van der Waals surface area contributed by atoms with Crippen LogP contribution in [0.15, 0.2) is 12.4 Å². The van der Waals surface area contributed by atoms with Gasteiger partial charge in [-0.05, 0) is 25.7 Å². The monoisotopic (exact) mass is 278 g/mol. The van der Waals surface area contributed by atoms with Gasteiger partial charge in [-0.3, -0.25) is 4.90 Å². The van der Waals surface area contributed by atoms with E-state index in [1.165, 1.54) is 19.4 Å². The first kappa shape index (κ1) is 15.5. The Morgan fingerprint density at radius 3 is 2.80 bits per heavy atom. The Bertz CT molecular complexity index is 399. The predicted octanol–water partition coefficient (Wildman–Crippen LogP) is 2.29. The van der Waals surface area contributed by atoms with E-state index in [0.717, 1.165) is 31.4 Å². The lowest BCUT2D eigenvalue weighted by Crippen LogP contribution is -2.57. The van der Waals surface area contributed by atoms with Gasteiger partial charge in [0.05, 0.1) is 0 Å². The summed E-state index contributed by atoms with van der Waals surface area (Å²) in [5.41, 5.74) is 0. The van der Waals surface area contributed by atoms with Crippen molar-refractivity contribution < 1.29 is 0 Å². The van der Waals surface area contributed by atoms with Crippen LogP contribution in [0.4, 0.5) is 0 Å². The molecular weight excluding hydrogens is 248 g/mol. The van der Waals surface area contributed by atoms with Gasteiger partial charge in [0.1, 0.15) is 5.82 Å². The van der Waals surface area contributed by atoms with Crippen LogP contribution < -0.4 is 5.32 Å². The summed E-state index contributed by atoms with van der Waals surface area (Å²) in [6.45, 7) is 13.5. The van der Waals surface area contributed by atoms with Crippen molar-refractivity contribution in [1.29, 1.82) is 0 Å². The number of hydrogen-bond acceptors (Lipinski definition) is 3. The molecule has 2 unspecified atom stereocenters. The second-order valence-electron chi connectivity index (χ2n) is 6.46. The van der Waals surface area contributed by atoms with Crippen molar-refractivity contribution in [3.63, 3.8) is 0 Å². The molecule has 2 atom stereocenters. The van der Waals surface area contributed by atoms with E-state index in [1.54, 1.807) is 0 Å². The number of imidazole rings is 1. The van der Waals surface area contributed by atoms with E-state index < -0.39 is 0 Å². The normalized spacial score (nSPS) is 24.4. The van der Waals surface area contributed by atoms with Crippen LogP contribution in [0.25, 0.3) is 0 Å². The maximum absolute atomic E-state index is 4.31. The molecule has 0 aromatic carbocycles. The molecule has 0 saturated carbocycles. The topological polar surface area (TPSA) is 33.1 Å². The largest absolute Gasteiger partial charge is 0.334 e. The van der Waals surface area contributed by atoms with Gasteiger partial charge >= 0.3 is 0 Å². The second-order valence-corrected chi connectivity index (χ2v) is 6.46. The van der Waals surface area contributed by atoms with Crippen molar-refractivity contribution in [3.8, 4) is 0 Å². The molecule has 4 heteroatoms. The van der Waals surface area contributed by atoms with Gasteiger partial charge in [0, 0.05) is 50.7 Å². The van der Waals surface area contributed by atoms with Gasteiger partial charge < -0.3 is 9.88 Å². The van der Waals surface area contributed by atoms with Crippen LogP contribution >= 0.6 is 0 Å². The average Bonchev–Trinajstić information content (AvgIpc) is 2.82. The zero-order chi connectivity index (χ0) is 14.5. The Morgan fingerprint density at radius 1 is 1.40 bits per heavy atom. The number of nitrogens with zero attached hydrogens (tertiary/aromatic N) is 3. The second kappa shape index (κ2) is 7.23. The SMILES string of the molecule is CCC1CN(CCn2ccnc2C)C(CC(C)C)CN1. The standard InChI is InChI=1S/C16H30N4/c1-5-15-12-20(16(11-18-15)10-13(2)3)9-8-19-7-6-17-14(19)4/h6-7,13,15-16,18H,5,8-12H2,1-4H3. The minimum atomic E-state index is 0.655. The summed E-state index contributed by atoms with van der Waals surface area (Å²) in [4.78, 5) is 7.00. The van der Waals surface area contributed by atoms with Crippen LogP contribution in [0.3, 0.4) is 0 Å². The fourth-order valence-electron chi connectivity index (χ4n) is 3.13. The third-order valence-electron chi connectivity index (χ3n) is 4.40. The summed E-state index contributed by atoms with van der Waals surface area (Å²) in [6.07, 6.45) is 6.49. The van der Waals surface area contributed by atoms with E-state index >= 15 is 0 Å². The average molecular weight is 278 g/mol. The van der Waals surface area contributed by atoms with E-state index in [2.05, 4.69) is 53.7 Å². The van der Waals surface area contributed by atoms with Crippen LogP contribution in [0, 0.1) is 12.8 Å². The molecule has 0 spiro atoms. The quantitative estimate of drug-likeness (QED) is 0.867. The van der Waals surface area contributed by atoms with Crippen LogP contribution in [-0.2, 0) is 6.54 Å². The molecule has 2 rings (SSSR count). The van der Waals surface area contributed by atoms with Gasteiger partial charge in [-0.2, -0.15) is 0 Å². The van der Waals surface area contributed by atoms with E-state index in [0.29, 0.717) is 12.1 Å². The van der Waals surface area contributed by atoms with E-state index in [9.17, 15) is 0 Å². The molecule has 1 aromatic rings. The Hall–Kier alpha value is -0.870. The van der Waals surface area contributed by atoms with E-state index in [-0.39, 0.29) is 0 Å². The lowest BCUT2D eigenvalue weighted by Gasteiger charge is -2.41. The van der Waals surface area contributed by atoms with Crippen molar-refractivity contribution in [2.24, 2.45) is 5.92 Å². The smallest absolute Gasteiger partial charge is 0.105 e. The summed E-state index contributed by atoms with van der Waals surface area (Å²) in [5.74, 6) is 1.88. The Balaban J connectivity index is 1.94. The van der Waals surface area contributed by atoms with Crippen LogP contribution in [0.2, 0.25) is 0 Å². The van der Waals surface area contributed by atoms with Gasteiger partial charge in [-0.25, -0.2) is 4.98 Å². The predicted molar refractivity (Wildman–Crippen MR) is 83.9 cm³/mol. The van der Waals surface area contributed by atoms with E-state index in [4.69, 9.17) is 0 Å². The first-order chi connectivity index (χ1) is 9.60. The summed E-state index contributed by atoms with van der Waals surface area (Å²) >= 11 is 0. The van der Waals surface area contributed by atoms with Crippen molar-refractivity contribution in [2.75, 3.05) is 19.6 Å². The maximum atomic E-state index is 4.31. The molecule has 114 valence electrons. The molecule has 0 aliphatic carbocycles. The maximum Gasteiger partial charge on any atom is 0.105 e. The minimum absolute atomic E-state index is 0.655. The van der Waals surface area contributed by atoms with Gasteiger partial charge in [-0.1, -0.05) is 20.8 Å². The summed E-state index contributed by atoms with van der Waals surface area (Å²) in [5, 5.41) is 3.70. The first-order valence-corrected chi connectivity index (χ1v) is 8.05. The highest BCUT2D eigenvalue weighted by atomic mass is 15.2. The number of rotatable bonds is 6. The zero-order valence-electron chi connectivity index (χ0n) is 13.5. The highest BCUT2D eigenvalue weighted by Gasteiger charge is 2.27.